The van der Waals surface area contributed by atoms with Crippen molar-refractivity contribution in [3.05, 3.63) is 0 Å². The van der Waals surface area contributed by atoms with E-state index < -0.39 is 0 Å². The molecule has 0 amide bonds. The first-order chi connectivity index (χ1) is 0. The second-order valence-corrected chi connectivity index (χ2v) is 0. The van der Waals surface area contributed by atoms with E-state index in [0.717, 1.165) is 0 Å². The van der Waals surface area contributed by atoms with Crippen LogP contribution < -0.4 is 0 Å². The van der Waals surface area contributed by atoms with Gasteiger partial charge in [-0.1, -0.05) is 0 Å². The molecule has 0 aliphatic rings. The van der Waals surface area contributed by atoms with Gasteiger partial charge in [-0.25, -0.2) is 0 Å². The van der Waals surface area contributed by atoms with Crippen molar-refractivity contribution in [2.75, 3.05) is 0 Å². The van der Waals surface area contributed by atoms with Crippen LogP contribution in [0.1, 0.15) is 0 Å². The van der Waals surface area contributed by atoms with Gasteiger partial charge in [0.1, 0.15) is 0 Å². The molecule has 9 heteroatoms. The van der Waals surface area contributed by atoms with Gasteiger partial charge in [0.05, 0.1) is 0 Å². The average Bonchev–Trinajstić information content (AvgIpc) is 0. The Morgan fingerprint density at radius 2 is 0.333 bits per heavy atom. The molecule has 8 nitrogen and oxygen atoms in total. The summed E-state index contributed by atoms with van der Waals surface area (Å²) in [4.78, 5) is 0. The molecule has 0 spiro atoms. The van der Waals surface area contributed by atoms with Crippen LogP contribution >= 0.6 is 0 Å². The zero-order valence-electron chi connectivity index (χ0n) is 4.52. The third-order valence-electron chi connectivity index (χ3n) is 0. The Hall–Kier alpha value is 0.212. The Bertz CT molecular complexity index is 4.53. The average molecular weight is 170 g/mol. The number of rotatable bonds is 0. The van der Waals surface area contributed by atoms with Gasteiger partial charge in [0.2, 0.25) is 0 Å². The van der Waals surface area contributed by atoms with Crippen molar-refractivity contribution in [1.29, 1.82) is 0 Å². The summed E-state index contributed by atoms with van der Waals surface area (Å²) in [6.45, 7) is 0. The van der Waals surface area contributed by atoms with Crippen LogP contribution in [0.5, 0.6) is 0 Å². The molecule has 0 unspecified atom stereocenters. The molecule has 0 aliphatic carbocycles. The molecule has 0 aromatic heterocycles. The molecule has 0 bridgehead atoms. The van der Waals surface area contributed by atoms with Gasteiger partial charge in [-0.3, -0.25) is 0 Å². The van der Waals surface area contributed by atoms with Gasteiger partial charge < -0.3 is 43.8 Å². The van der Waals surface area contributed by atoms with Crippen molar-refractivity contribution >= 4 is 17.4 Å². The van der Waals surface area contributed by atoms with Crippen LogP contribution in [0.3, 0.4) is 0 Å². The summed E-state index contributed by atoms with van der Waals surface area (Å²) in [6, 6.07) is 0. The molecule has 0 saturated heterocycles. The van der Waals surface area contributed by atoms with E-state index in [1.165, 1.54) is 0 Å². The normalized spacial score (nSPS) is 0. The topological polar surface area (TPSA) is 250 Å². The van der Waals surface area contributed by atoms with Crippen LogP contribution in [0.25, 0.3) is 0 Å². The summed E-state index contributed by atoms with van der Waals surface area (Å²) in [7, 11) is 0. The second-order valence-electron chi connectivity index (χ2n) is 0. The molecule has 0 atom stereocenters. The van der Waals surface area contributed by atoms with Gasteiger partial charge in [0.15, 0.2) is 0 Å². The summed E-state index contributed by atoms with van der Waals surface area (Å²) >= 11 is 0. The Morgan fingerprint density at radius 1 is 0.333 bits per heavy atom. The molecule has 15 N–H and O–H groups in total. The molecular formula is H15AlO8+2. The molecule has 0 radical (unpaired) electrons. The monoisotopic (exact) mass is 170 g/mol. The first-order valence-electron chi connectivity index (χ1n) is 0. The maximum absolute atomic E-state index is 0. The van der Waals surface area contributed by atoms with Gasteiger partial charge >= 0.3 is 17.4 Å². The van der Waals surface area contributed by atoms with E-state index in [-0.39, 0.29) is 61.2 Å². The Morgan fingerprint density at radius 3 is 0.333 bits per heavy atom. The van der Waals surface area contributed by atoms with E-state index in [1.54, 1.807) is 0 Å². The summed E-state index contributed by atoms with van der Waals surface area (Å²) in [5.74, 6) is 0. The SMILES string of the molecule is O.O.O.O.O.O.O.[Al+3].[OH-]. The molecule has 0 rings (SSSR count). The van der Waals surface area contributed by atoms with Crippen LogP contribution in [0.15, 0.2) is 0 Å². The van der Waals surface area contributed by atoms with E-state index in [0.29, 0.717) is 0 Å². The first-order valence-corrected chi connectivity index (χ1v) is 0. The minimum Gasteiger partial charge on any atom is -0.870 e. The fourth-order valence-corrected chi connectivity index (χ4v) is 0. The standard InChI is InChI=1S/Al.8H2O/h;8*1H2/q+3;;;;;;;;/p-1. The fraction of sp³-hybridized carbons (Fsp3) is 0. The molecule has 0 fully saturated rings. The predicted molar refractivity (Wildman–Crippen MR) is 33.0 cm³/mol. The maximum atomic E-state index is 0. The molecule has 64 valence electrons. The van der Waals surface area contributed by atoms with E-state index >= 15 is 0 Å². The van der Waals surface area contributed by atoms with Gasteiger partial charge in [0.25, 0.3) is 0 Å². The minimum atomic E-state index is 0. The molecule has 0 saturated carbocycles. The molecule has 0 aromatic carbocycles. The van der Waals surface area contributed by atoms with Crippen LogP contribution in [0, 0.1) is 0 Å². The maximum Gasteiger partial charge on any atom is 3.00 e. The minimum absolute atomic E-state index is 0. The fourth-order valence-electron chi connectivity index (χ4n) is 0. The van der Waals surface area contributed by atoms with Gasteiger partial charge in [-0.05, 0) is 0 Å². The molecule has 0 heterocycles. The van der Waals surface area contributed by atoms with Crippen molar-refractivity contribution in [2.24, 2.45) is 0 Å². The largest absolute Gasteiger partial charge is 3.00 e. The first kappa shape index (κ1) is 13800. The molecular weight excluding hydrogens is 155 g/mol. The van der Waals surface area contributed by atoms with Crippen molar-refractivity contribution in [2.45, 2.75) is 0 Å². The van der Waals surface area contributed by atoms with Crippen molar-refractivity contribution in [1.82, 2.24) is 0 Å². The van der Waals surface area contributed by atoms with E-state index in [2.05, 4.69) is 0 Å². The number of hydrogen-bond acceptors (Lipinski definition) is 1. The molecule has 9 heavy (non-hydrogen) atoms. The smallest absolute Gasteiger partial charge is 0.870 e. The second kappa shape index (κ2) is 9460. The quantitative estimate of drug-likeness (QED) is 0.315. The van der Waals surface area contributed by atoms with E-state index in [4.69, 9.17) is 0 Å². The van der Waals surface area contributed by atoms with Gasteiger partial charge in [-0.15, -0.1) is 0 Å². The van der Waals surface area contributed by atoms with Crippen LogP contribution in [0.4, 0.5) is 0 Å². The van der Waals surface area contributed by atoms with Gasteiger partial charge in [0, 0.05) is 0 Å². The number of hydrogen-bond donors (Lipinski definition) is 0. The van der Waals surface area contributed by atoms with Crippen LogP contribution in [0.2, 0.25) is 0 Å². The Balaban J connectivity index is 0. The zero-order valence-corrected chi connectivity index (χ0v) is 5.68. The van der Waals surface area contributed by atoms with E-state index in [9.17, 15) is 0 Å². The Kier molecular flexibility index (Phi) is 14500000. The zero-order chi connectivity index (χ0) is 0. The predicted octanol–water partition coefficient (Wildman–Crippen LogP) is -6.33. The van der Waals surface area contributed by atoms with Crippen molar-refractivity contribution in [3.8, 4) is 0 Å². The molecule has 0 aliphatic heterocycles. The van der Waals surface area contributed by atoms with Crippen LogP contribution in [-0.4, -0.2) is 61.2 Å². The Labute approximate surface area is 62.1 Å². The summed E-state index contributed by atoms with van der Waals surface area (Å²) in [5.41, 5.74) is 0. The van der Waals surface area contributed by atoms with Crippen molar-refractivity contribution in [3.63, 3.8) is 0 Å². The third kappa shape index (κ3) is 7020. The van der Waals surface area contributed by atoms with Crippen LogP contribution in [-0.2, 0) is 0 Å². The summed E-state index contributed by atoms with van der Waals surface area (Å²) in [6.07, 6.45) is 0. The third-order valence-corrected chi connectivity index (χ3v) is 0. The summed E-state index contributed by atoms with van der Waals surface area (Å²) in [5, 5.41) is 0. The van der Waals surface area contributed by atoms with Crippen molar-refractivity contribution < 1.29 is 43.8 Å². The summed E-state index contributed by atoms with van der Waals surface area (Å²) < 4.78 is 0. The van der Waals surface area contributed by atoms with E-state index in [1.807, 2.05) is 0 Å². The molecule has 0 aromatic rings. The van der Waals surface area contributed by atoms with Gasteiger partial charge in [-0.2, -0.15) is 0 Å².